The second-order valence-corrected chi connectivity index (χ2v) is 8.82. The summed E-state index contributed by atoms with van der Waals surface area (Å²) in [5, 5.41) is 3.06. The minimum absolute atomic E-state index is 0.0123. The van der Waals surface area contributed by atoms with E-state index in [1.807, 2.05) is 49.4 Å². The molecule has 6 heteroatoms. The van der Waals surface area contributed by atoms with Crippen molar-refractivity contribution in [3.8, 4) is 11.5 Å². The Balaban J connectivity index is 1.20. The Hall–Kier alpha value is -2.70. The highest BCUT2D eigenvalue weighted by atomic mass is 16.6. The molecule has 2 aliphatic heterocycles. The normalized spacial score (nSPS) is 27.0. The van der Waals surface area contributed by atoms with Crippen molar-refractivity contribution in [3.63, 3.8) is 0 Å². The number of hydrogen-bond acceptors (Lipinski definition) is 5. The lowest BCUT2D eigenvalue weighted by Gasteiger charge is -2.17. The Morgan fingerprint density at radius 1 is 1.00 bits per heavy atom. The standard InChI is InChI=1S/C25H27NO5/c1-15-4-2-6-19(10-15)31-20-7-3-5-17(11-20)22(27)12-18-13-29-24-21(14-30-23(18)24)26-25(28)16-8-9-16/h2-7,10-11,16,18,21,23-24H,8-9,12-14H2,1H3,(H,26,28)/t18-,21-,23+,24+/m0/s1. The molecule has 31 heavy (non-hydrogen) atoms. The van der Waals surface area contributed by atoms with Crippen LogP contribution in [0.15, 0.2) is 48.5 Å². The summed E-state index contributed by atoms with van der Waals surface area (Å²) >= 11 is 0. The molecule has 2 saturated heterocycles. The maximum absolute atomic E-state index is 13.0. The summed E-state index contributed by atoms with van der Waals surface area (Å²) in [5.74, 6) is 1.67. The summed E-state index contributed by atoms with van der Waals surface area (Å²) < 4.78 is 17.8. The molecule has 0 aromatic heterocycles. The molecule has 2 aromatic carbocycles. The monoisotopic (exact) mass is 421 g/mol. The fourth-order valence-corrected chi connectivity index (χ4v) is 4.43. The first-order valence-electron chi connectivity index (χ1n) is 11.0. The molecule has 1 N–H and O–H groups in total. The highest BCUT2D eigenvalue weighted by Crippen LogP contribution is 2.35. The first-order chi connectivity index (χ1) is 15.1. The Morgan fingerprint density at radius 3 is 2.52 bits per heavy atom. The number of carbonyl (C=O) groups excluding carboxylic acids is 2. The molecule has 0 radical (unpaired) electrons. The first kappa shape index (κ1) is 20.2. The first-order valence-corrected chi connectivity index (χ1v) is 11.0. The number of Topliss-reactive ketones (excluding diaryl/α,β-unsaturated/α-hetero) is 1. The van der Waals surface area contributed by atoms with E-state index >= 15 is 0 Å². The van der Waals surface area contributed by atoms with Gasteiger partial charge in [0.1, 0.15) is 17.6 Å². The lowest BCUT2D eigenvalue weighted by molar-refractivity contribution is -0.123. The minimum atomic E-state index is -0.170. The molecule has 2 heterocycles. The molecule has 5 rings (SSSR count). The largest absolute Gasteiger partial charge is 0.457 e. The summed E-state index contributed by atoms with van der Waals surface area (Å²) in [4.78, 5) is 25.1. The molecule has 3 aliphatic rings. The quantitative estimate of drug-likeness (QED) is 0.691. The molecule has 3 fully saturated rings. The average Bonchev–Trinajstić information content (AvgIpc) is 3.43. The fraction of sp³-hybridized carbons (Fsp3) is 0.440. The SMILES string of the molecule is Cc1cccc(Oc2cccc(C(=O)C[C@H]3CO[C@H]4[C@@H]3OC[C@@H]4NC(=O)C3CC3)c2)c1. The maximum atomic E-state index is 13.0. The number of nitrogens with one attached hydrogen (secondary N) is 1. The van der Waals surface area contributed by atoms with E-state index < -0.39 is 0 Å². The van der Waals surface area contributed by atoms with Gasteiger partial charge < -0.3 is 19.5 Å². The van der Waals surface area contributed by atoms with Gasteiger partial charge in [0.2, 0.25) is 5.91 Å². The topological polar surface area (TPSA) is 73.9 Å². The number of hydrogen-bond donors (Lipinski definition) is 1. The van der Waals surface area contributed by atoms with Gasteiger partial charge in [-0.15, -0.1) is 0 Å². The number of ether oxygens (including phenoxy) is 3. The Labute approximate surface area is 181 Å². The van der Waals surface area contributed by atoms with Crippen LogP contribution in [0.25, 0.3) is 0 Å². The lowest BCUT2D eigenvalue weighted by atomic mass is 9.92. The van der Waals surface area contributed by atoms with Crippen LogP contribution in [0, 0.1) is 18.8 Å². The van der Waals surface area contributed by atoms with Crippen LogP contribution < -0.4 is 10.1 Å². The molecule has 1 saturated carbocycles. The van der Waals surface area contributed by atoms with E-state index in [2.05, 4.69) is 5.32 Å². The molecule has 2 aromatic rings. The number of rotatable bonds is 7. The number of ketones is 1. The predicted molar refractivity (Wildman–Crippen MR) is 114 cm³/mol. The summed E-state index contributed by atoms with van der Waals surface area (Å²) in [5.41, 5.74) is 1.73. The second-order valence-electron chi connectivity index (χ2n) is 8.82. The van der Waals surface area contributed by atoms with Crippen LogP contribution >= 0.6 is 0 Å². The zero-order valence-corrected chi connectivity index (χ0v) is 17.6. The van der Waals surface area contributed by atoms with Gasteiger partial charge in [-0.25, -0.2) is 0 Å². The van der Waals surface area contributed by atoms with Gasteiger partial charge in [-0.05, 0) is 49.6 Å². The van der Waals surface area contributed by atoms with Gasteiger partial charge in [-0.3, -0.25) is 9.59 Å². The average molecular weight is 421 g/mol. The number of aryl methyl sites for hydroxylation is 1. The third-order valence-electron chi connectivity index (χ3n) is 6.26. The highest BCUT2D eigenvalue weighted by Gasteiger charge is 2.49. The number of fused-ring (bicyclic) bond motifs is 1. The van der Waals surface area contributed by atoms with Gasteiger partial charge >= 0.3 is 0 Å². The lowest BCUT2D eigenvalue weighted by Crippen LogP contribution is -2.44. The molecule has 1 aliphatic carbocycles. The number of carbonyl (C=O) groups is 2. The van der Waals surface area contributed by atoms with E-state index in [1.54, 1.807) is 6.07 Å². The van der Waals surface area contributed by atoms with Crippen LogP contribution in [0.4, 0.5) is 0 Å². The molecular formula is C25H27NO5. The van der Waals surface area contributed by atoms with Gasteiger partial charge in [-0.2, -0.15) is 0 Å². The minimum Gasteiger partial charge on any atom is -0.457 e. The van der Waals surface area contributed by atoms with Crippen molar-refractivity contribution in [1.29, 1.82) is 0 Å². The van der Waals surface area contributed by atoms with E-state index in [4.69, 9.17) is 14.2 Å². The summed E-state index contributed by atoms with van der Waals surface area (Å²) in [7, 11) is 0. The van der Waals surface area contributed by atoms with Crippen LogP contribution in [0.5, 0.6) is 11.5 Å². The molecule has 0 spiro atoms. The second kappa shape index (κ2) is 8.44. The third-order valence-corrected chi connectivity index (χ3v) is 6.26. The van der Waals surface area contributed by atoms with Gasteiger partial charge in [0.25, 0.3) is 0 Å². The Morgan fingerprint density at radius 2 is 1.74 bits per heavy atom. The fourth-order valence-electron chi connectivity index (χ4n) is 4.43. The predicted octanol–water partition coefficient (Wildman–Crippen LogP) is 3.67. The van der Waals surface area contributed by atoms with Crippen molar-refractivity contribution in [2.45, 2.75) is 44.4 Å². The molecule has 6 nitrogen and oxygen atoms in total. The van der Waals surface area contributed by atoms with Crippen molar-refractivity contribution in [1.82, 2.24) is 5.32 Å². The Kier molecular flexibility index (Phi) is 5.50. The van der Waals surface area contributed by atoms with Crippen LogP contribution in [0.2, 0.25) is 0 Å². The summed E-state index contributed by atoms with van der Waals surface area (Å²) in [6.07, 6.45) is 1.96. The van der Waals surface area contributed by atoms with E-state index in [-0.39, 0.29) is 41.8 Å². The van der Waals surface area contributed by atoms with Crippen molar-refractivity contribution in [2.75, 3.05) is 13.2 Å². The van der Waals surface area contributed by atoms with Gasteiger partial charge in [0.15, 0.2) is 5.78 Å². The third kappa shape index (κ3) is 4.50. The number of benzene rings is 2. The van der Waals surface area contributed by atoms with Crippen LogP contribution in [-0.4, -0.2) is 43.2 Å². The molecule has 162 valence electrons. The van der Waals surface area contributed by atoms with Gasteiger partial charge in [-0.1, -0.05) is 24.3 Å². The van der Waals surface area contributed by atoms with Crippen molar-refractivity contribution in [2.24, 2.45) is 11.8 Å². The van der Waals surface area contributed by atoms with E-state index in [0.29, 0.717) is 30.9 Å². The number of amides is 1. The zero-order chi connectivity index (χ0) is 21.4. The van der Waals surface area contributed by atoms with Crippen LogP contribution in [0.3, 0.4) is 0 Å². The summed E-state index contributed by atoms with van der Waals surface area (Å²) in [6.45, 7) is 2.92. The summed E-state index contributed by atoms with van der Waals surface area (Å²) in [6, 6.07) is 15.0. The molecule has 4 atom stereocenters. The van der Waals surface area contributed by atoms with E-state index in [9.17, 15) is 9.59 Å². The zero-order valence-electron chi connectivity index (χ0n) is 17.6. The molecule has 0 bridgehead atoms. The van der Waals surface area contributed by atoms with E-state index in [1.165, 1.54) is 0 Å². The van der Waals surface area contributed by atoms with Crippen molar-refractivity contribution < 1.29 is 23.8 Å². The van der Waals surface area contributed by atoms with Gasteiger partial charge in [0.05, 0.1) is 25.4 Å². The van der Waals surface area contributed by atoms with Crippen LogP contribution in [0.1, 0.15) is 35.2 Å². The Bertz CT molecular complexity index is 985. The molecule has 0 unspecified atom stereocenters. The highest BCUT2D eigenvalue weighted by molar-refractivity contribution is 5.96. The maximum Gasteiger partial charge on any atom is 0.223 e. The van der Waals surface area contributed by atoms with Gasteiger partial charge in [0, 0.05) is 23.8 Å². The van der Waals surface area contributed by atoms with Crippen molar-refractivity contribution in [3.05, 3.63) is 59.7 Å². The smallest absolute Gasteiger partial charge is 0.223 e. The van der Waals surface area contributed by atoms with E-state index in [0.717, 1.165) is 24.2 Å². The molecule has 1 amide bonds. The molecular weight excluding hydrogens is 394 g/mol. The van der Waals surface area contributed by atoms with Crippen LogP contribution in [-0.2, 0) is 14.3 Å². The van der Waals surface area contributed by atoms with Crippen molar-refractivity contribution >= 4 is 11.7 Å².